The molecule has 3 heteroatoms. The predicted octanol–water partition coefficient (Wildman–Crippen LogP) is 2.16. The summed E-state index contributed by atoms with van der Waals surface area (Å²) in [6, 6.07) is 5.29. The Hall–Kier alpha value is -1.90. The number of carbonyl (C=O) groups is 1. The van der Waals surface area contributed by atoms with Gasteiger partial charge in [-0.3, -0.25) is 9.79 Å². The highest BCUT2D eigenvalue weighted by molar-refractivity contribution is 5.94. The van der Waals surface area contributed by atoms with E-state index >= 15 is 0 Å². The van der Waals surface area contributed by atoms with Crippen LogP contribution in [0.2, 0.25) is 0 Å². The quantitative estimate of drug-likeness (QED) is 0.750. The summed E-state index contributed by atoms with van der Waals surface area (Å²) < 4.78 is 0. The van der Waals surface area contributed by atoms with Crippen LogP contribution in [0.4, 0.5) is 0 Å². The Bertz CT molecular complexity index is 433. The normalized spacial score (nSPS) is 11.2. The summed E-state index contributed by atoms with van der Waals surface area (Å²) in [7, 11) is 0. The highest BCUT2D eigenvalue weighted by Gasteiger charge is 2.06. The molecule has 1 amide bonds. The molecule has 1 aromatic carbocycles. The van der Waals surface area contributed by atoms with Crippen molar-refractivity contribution in [3.8, 4) is 0 Å². The van der Waals surface area contributed by atoms with Gasteiger partial charge in [0.1, 0.15) is 0 Å². The van der Waals surface area contributed by atoms with Gasteiger partial charge in [0.2, 0.25) is 5.91 Å². The average Bonchev–Trinajstić information content (AvgIpc) is 2.22. The van der Waals surface area contributed by atoms with Gasteiger partial charge in [0, 0.05) is 11.1 Å². The minimum atomic E-state index is -0.434. The first-order valence-electron chi connectivity index (χ1n) is 4.64. The molecule has 1 aromatic rings. The van der Waals surface area contributed by atoms with Gasteiger partial charge in [0.05, 0.1) is 5.70 Å². The van der Waals surface area contributed by atoms with E-state index in [-0.39, 0.29) is 0 Å². The van der Waals surface area contributed by atoms with Gasteiger partial charge in [-0.05, 0) is 38.3 Å². The Labute approximate surface area is 89.3 Å². The van der Waals surface area contributed by atoms with Crippen LogP contribution in [0.5, 0.6) is 0 Å². The molecule has 0 aromatic heterocycles. The molecule has 3 nitrogen and oxygen atoms in total. The minimum absolute atomic E-state index is 0.434. The molecular formula is C12H14N2O. The zero-order valence-electron chi connectivity index (χ0n) is 8.95. The zero-order valence-corrected chi connectivity index (χ0v) is 8.95. The molecule has 15 heavy (non-hydrogen) atoms. The monoisotopic (exact) mass is 202 g/mol. The van der Waals surface area contributed by atoms with Crippen molar-refractivity contribution in [1.29, 1.82) is 0 Å². The molecule has 0 aliphatic carbocycles. The van der Waals surface area contributed by atoms with E-state index < -0.39 is 5.91 Å². The van der Waals surface area contributed by atoms with Gasteiger partial charge >= 0.3 is 0 Å². The van der Waals surface area contributed by atoms with Gasteiger partial charge in [-0.2, -0.15) is 0 Å². The molecule has 0 aliphatic heterocycles. The molecule has 0 unspecified atom stereocenters. The van der Waals surface area contributed by atoms with E-state index in [1.165, 1.54) is 0 Å². The van der Waals surface area contributed by atoms with Crippen molar-refractivity contribution in [3.05, 3.63) is 41.0 Å². The number of hydrogen-bond donors (Lipinski definition) is 1. The van der Waals surface area contributed by atoms with Crippen LogP contribution in [0.3, 0.4) is 0 Å². The molecule has 0 radical (unpaired) electrons. The SMILES string of the molecule is C=N/C(=C\C)c1cc(C(N)=O)ccc1C. The van der Waals surface area contributed by atoms with E-state index in [4.69, 9.17) is 5.73 Å². The van der Waals surface area contributed by atoms with Crippen LogP contribution in [0.25, 0.3) is 5.70 Å². The van der Waals surface area contributed by atoms with Crippen molar-refractivity contribution in [2.24, 2.45) is 10.7 Å². The van der Waals surface area contributed by atoms with Crippen molar-refractivity contribution in [2.45, 2.75) is 13.8 Å². The summed E-state index contributed by atoms with van der Waals surface area (Å²) >= 11 is 0. The summed E-state index contributed by atoms with van der Waals surface area (Å²) in [4.78, 5) is 14.9. The summed E-state index contributed by atoms with van der Waals surface area (Å²) in [6.07, 6.45) is 1.85. The second-order valence-electron chi connectivity index (χ2n) is 3.23. The Kier molecular flexibility index (Phi) is 3.39. The number of aryl methyl sites for hydroxylation is 1. The van der Waals surface area contributed by atoms with E-state index in [0.717, 1.165) is 16.8 Å². The maximum absolute atomic E-state index is 11.0. The number of nitrogens with zero attached hydrogens (tertiary/aromatic N) is 1. The van der Waals surface area contributed by atoms with Crippen molar-refractivity contribution in [3.63, 3.8) is 0 Å². The molecule has 2 N–H and O–H groups in total. The zero-order chi connectivity index (χ0) is 11.4. The van der Waals surface area contributed by atoms with Crippen LogP contribution >= 0.6 is 0 Å². The van der Waals surface area contributed by atoms with Crippen LogP contribution in [0.15, 0.2) is 29.3 Å². The van der Waals surface area contributed by atoms with Gasteiger partial charge in [0.25, 0.3) is 0 Å². The van der Waals surface area contributed by atoms with Crippen LogP contribution in [-0.2, 0) is 0 Å². The lowest BCUT2D eigenvalue weighted by Crippen LogP contribution is -2.11. The number of carbonyl (C=O) groups excluding carboxylic acids is 1. The molecule has 0 heterocycles. The molecule has 0 aliphatic rings. The first-order chi connectivity index (χ1) is 7.10. The maximum Gasteiger partial charge on any atom is 0.248 e. The van der Waals surface area contributed by atoms with Crippen molar-refractivity contribution >= 4 is 18.3 Å². The largest absolute Gasteiger partial charge is 0.366 e. The van der Waals surface area contributed by atoms with E-state index in [9.17, 15) is 4.79 Å². The fourth-order valence-corrected chi connectivity index (χ4v) is 1.38. The van der Waals surface area contributed by atoms with Crippen molar-refractivity contribution in [2.75, 3.05) is 0 Å². The second kappa shape index (κ2) is 4.55. The van der Waals surface area contributed by atoms with Crippen LogP contribution in [0, 0.1) is 6.92 Å². The smallest absolute Gasteiger partial charge is 0.248 e. The van der Waals surface area contributed by atoms with Crippen molar-refractivity contribution < 1.29 is 4.79 Å². The van der Waals surface area contributed by atoms with Crippen molar-refractivity contribution in [1.82, 2.24) is 0 Å². The molecule has 0 bridgehead atoms. The van der Waals surface area contributed by atoms with Gasteiger partial charge in [-0.15, -0.1) is 0 Å². The third kappa shape index (κ3) is 2.31. The topological polar surface area (TPSA) is 55.4 Å². The lowest BCUT2D eigenvalue weighted by atomic mass is 10.0. The Morgan fingerprint density at radius 2 is 2.20 bits per heavy atom. The highest BCUT2D eigenvalue weighted by Crippen LogP contribution is 2.20. The number of allylic oxidation sites excluding steroid dienone is 1. The fraction of sp³-hybridized carbons (Fsp3) is 0.167. The van der Waals surface area contributed by atoms with Gasteiger partial charge in [-0.1, -0.05) is 12.1 Å². The lowest BCUT2D eigenvalue weighted by Gasteiger charge is -2.07. The summed E-state index contributed by atoms with van der Waals surface area (Å²) in [5.41, 5.74) is 8.39. The first kappa shape index (κ1) is 11.2. The molecule has 0 atom stereocenters. The molecule has 78 valence electrons. The number of aliphatic imine (C=N–C) groups is 1. The number of amides is 1. The summed E-state index contributed by atoms with van der Waals surface area (Å²) in [5.74, 6) is -0.434. The van der Waals surface area contributed by atoms with Crippen LogP contribution in [0.1, 0.15) is 28.4 Å². The summed E-state index contributed by atoms with van der Waals surface area (Å²) in [6.45, 7) is 7.32. The standard InChI is InChI=1S/C12H14N2O/c1-4-11(14-3)10-7-9(12(13)15)6-5-8(10)2/h4-7H,3H2,1-2H3,(H2,13,15)/b11-4-. The molecule has 0 saturated carbocycles. The predicted molar refractivity (Wildman–Crippen MR) is 62.9 cm³/mol. The molecule has 1 rings (SSSR count). The number of benzene rings is 1. The number of rotatable bonds is 3. The van der Waals surface area contributed by atoms with Gasteiger partial charge in [0.15, 0.2) is 0 Å². The van der Waals surface area contributed by atoms with Crippen LogP contribution in [-0.4, -0.2) is 12.6 Å². The number of nitrogens with two attached hydrogens (primary N) is 1. The molecule has 0 fully saturated rings. The second-order valence-corrected chi connectivity index (χ2v) is 3.23. The molecule has 0 spiro atoms. The van der Waals surface area contributed by atoms with E-state index in [0.29, 0.717) is 5.56 Å². The number of primary amides is 1. The molecular weight excluding hydrogens is 188 g/mol. The van der Waals surface area contributed by atoms with E-state index in [2.05, 4.69) is 11.7 Å². The Balaban J connectivity index is 3.33. The lowest BCUT2D eigenvalue weighted by molar-refractivity contribution is 0.100. The van der Waals surface area contributed by atoms with Gasteiger partial charge in [-0.25, -0.2) is 0 Å². The maximum atomic E-state index is 11.0. The van der Waals surface area contributed by atoms with Gasteiger partial charge < -0.3 is 5.73 Å². The van der Waals surface area contributed by atoms with E-state index in [1.807, 2.05) is 26.0 Å². The van der Waals surface area contributed by atoms with E-state index in [1.54, 1.807) is 12.1 Å². The third-order valence-corrected chi connectivity index (χ3v) is 2.24. The summed E-state index contributed by atoms with van der Waals surface area (Å²) in [5, 5.41) is 0. The average molecular weight is 202 g/mol. The minimum Gasteiger partial charge on any atom is -0.366 e. The molecule has 0 saturated heterocycles. The number of hydrogen-bond acceptors (Lipinski definition) is 2. The fourth-order valence-electron chi connectivity index (χ4n) is 1.38. The Morgan fingerprint density at radius 3 is 2.67 bits per heavy atom. The third-order valence-electron chi connectivity index (χ3n) is 2.24. The first-order valence-corrected chi connectivity index (χ1v) is 4.64. The highest BCUT2D eigenvalue weighted by atomic mass is 16.1. The Morgan fingerprint density at radius 1 is 1.53 bits per heavy atom. The van der Waals surface area contributed by atoms with Crippen LogP contribution < -0.4 is 5.73 Å².